The maximum absolute atomic E-state index is 12.2. The van der Waals surface area contributed by atoms with Gasteiger partial charge in [-0.1, -0.05) is 31.4 Å². The van der Waals surface area contributed by atoms with E-state index in [1.165, 1.54) is 25.7 Å². The number of hydrogen-bond donors (Lipinski definition) is 1. The van der Waals surface area contributed by atoms with Gasteiger partial charge in [-0.2, -0.15) is 0 Å². The van der Waals surface area contributed by atoms with Crippen molar-refractivity contribution in [3.63, 3.8) is 0 Å². The van der Waals surface area contributed by atoms with E-state index in [9.17, 15) is 4.79 Å². The van der Waals surface area contributed by atoms with Gasteiger partial charge in [-0.3, -0.25) is 4.79 Å². The molecule has 0 unspecified atom stereocenters. The quantitative estimate of drug-likeness (QED) is 0.896. The SMILES string of the molecule is Cc1ccc(Br)c(C(=O)NCC2(C)CCCC2)c1. The first-order valence-corrected chi connectivity index (χ1v) is 7.34. The summed E-state index contributed by atoms with van der Waals surface area (Å²) in [6.45, 7) is 5.05. The molecule has 2 rings (SSSR count). The summed E-state index contributed by atoms with van der Waals surface area (Å²) < 4.78 is 0.863. The second kappa shape index (κ2) is 5.43. The van der Waals surface area contributed by atoms with Gasteiger partial charge < -0.3 is 5.32 Å². The van der Waals surface area contributed by atoms with Crippen molar-refractivity contribution in [3.05, 3.63) is 33.8 Å². The molecule has 1 aromatic rings. The van der Waals surface area contributed by atoms with Crippen LogP contribution in [0, 0.1) is 12.3 Å². The Morgan fingerprint density at radius 1 is 1.39 bits per heavy atom. The molecular formula is C15H20BrNO. The molecule has 0 radical (unpaired) electrons. The molecule has 18 heavy (non-hydrogen) atoms. The van der Waals surface area contributed by atoms with E-state index in [1.54, 1.807) is 0 Å². The van der Waals surface area contributed by atoms with Crippen LogP contribution in [0.1, 0.15) is 48.5 Å². The van der Waals surface area contributed by atoms with E-state index in [1.807, 2.05) is 25.1 Å². The van der Waals surface area contributed by atoms with E-state index in [-0.39, 0.29) is 5.91 Å². The maximum Gasteiger partial charge on any atom is 0.252 e. The topological polar surface area (TPSA) is 29.1 Å². The van der Waals surface area contributed by atoms with Gasteiger partial charge in [0.25, 0.3) is 5.91 Å². The van der Waals surface area contributed by atoms with Gasteiger partial charge >= 0.3 is 0 Å². The van der Waals surface area contributed by atoms with Crippen molar-refractivity contribution in [1.29, 1.82) is 0 Å². The number of halogens is 1. The predicted octanol–water partition coefficient (Wildman–Crippen LogP) is 4.07. The highest BCUT2D eigenvalue weighted by molar-refractivity contribution is 9.10. The Bertz CT molecular complexity index is 450. The molecule has 2 nitrogen and oxygen atoms in total. The van der Waals surface area contributed by atoms with Crippen LogP contribution in [-0.4, -0.2) is 12.5 Å². The molecule has 0 spiro atoms. The average Bonchev–Trinajstić information content (AvgIpc) is 2.77. The van der Waals surface area contributed by atoms with Crippen molar-refractivity contribution in [2.45, 2.75) is 39.5 Å². The summed E-state index contributed by atoms with van der Waals surface area (Å²) in [5, 5.41) is 3.08. The van der Waals surface area contributed by atoms with Crippen molar-refractivity contribution in [1.82, 2.24) is 5.32 Å². The number of carbonyl (C=O) groups is 1. The van der Waals surface area contributed by atoms with Crippen LogP contribution < -0.4 is 5.32 Å². The van der Waals surface area contributed by atoms with E-state index < -0.39 is 0 Å². The fourth-order valence-corrected chi connectivity index (χ4v) is 3.03. The van der Waals surface area contributed by atoms with Crippen LogP contribution in [0.3, 0.4) is 0 Å². The first kappa shape index (κ1) is 13.6. The highest BCUT2D eigenvalue weighted by atomic mass is 79.9. The molecule has 1 N–H and O–H groups in total. The number of hydrogen-bond acceptors (Lipinski definition) is 1. The minimum Gasteiger partial charge on any atom is -0.351 e. The van der Waals surface area contributed by atoms with Gasteiger partial charge in [-0.05, 0) is 53.2 Å². The smallest absolute Gasteiger partial charge is 0.252 e. The van der Waals surface area contributed by atoms with Gasteiger partial charge in [0.15, 0.2) is 0 Å². The zero-order valence-corrected chi connectivity index (χ0v) is 12.6. The number of amides is 1. The van der Waals surface area contributed by atoms with Gasteiger partial charge in [0.2, 0.25) is 0 Å². The summed E-state index contributed by atoms with van der Waals surface area (Å²) in [4.78, 5) is 12.2. The molecule has 1 saturated carbocycles. The van der Waals surface area contributed by atoms with Gasteiger partial charge in [0, 0.05) is 11.0 Å². The van der Waals surface area contributed by atoms with Gasteiger partial charge in [0.05, 0.1) is 5.56 Å². The minimum atomic E-state index is 0.0266. The number of aryl methyl sites for hydroxylation is 1. The Hall–Kier alpha value is -0.830. The van der Waals surface area contributed by atoms with Gasteiger partial charge in [0.1, 0.15) is 0 Å². The van der Waals surface area contributed by atoms with Crippen molar-refractivity contribution >= 4 is 21.8 Å². The molecule has 1 aromatic carbocycles. The molecule has 1 amide bonds. The third-order valence-electron chi connectivity index (χ3n) is 3.85. The third kappa shape index (κ3) is 3.14. The van der Waals surface area contributed by atoms with Crippen molar-refractivity contribution < 1.29 is 4.79 Å². The molecule has 3 heteroatoms. The molecule has 1 fully saturated rings. The van der Waals surface area contributed by atoms with Crippen LogP contribution in [0.4, 0.5) is 0 Å². The summed E-state index contributed by atoms with van der Waals surface area (Å²) in [5.74, 6) is 0.0266. The van der Waals surface area contributed by atoms with Crippen LogP contribution in [0.15, 0.2) is 22.7 Å². The Morgan fingerprint density at radius 2 is 2.06 bits per heavy atom. The van der Waals surface area contributed by atoms with Crippen LogP contribution in [0.5, 0.6) is 0 Å². The predicted molar refractivity (Wildman–Crippen MR) is 77.8 cm³/mol. The molecule has 1 aliphatic rings. The van der Waals surface area contributed by atoms with Crippen LogP contribution in [0.25, 0.3) is 0 Å². The monoisotopic (exact) mass is 309 g/mol. The lowest BCUT2D eigenvalue weighted by Gasteiger charge is -2.23. The lowest BCUT2D eigenvalue weighted by atomic mass is 9.89. The van der Waals surface area contributed by atoms with Crippen LogP contribution in [0.2, 0.25) is 0 Å². The largest absolute Gasteiger partial charge is 0.351 e. The molecule has 0 bridgehead atoms. The minimum absolute atomic E-state index is 0.0266. The van der Waals surface area contributed by atoms with Crippen molar-refractivity contribution in [3.8, 4) is 0 Å². The average molecular weight is 310 g/mol. The summed E-state index contributed by atoms with van der Waals surface area (Å²) in [6, 6.07) is 5.86. The normalized spacial score (nSPS) is 17.7. The first-order valence-electron chi connectivity index (χ1n) is 6.55. The van der Waals surface area contributed by atoms with Crippen LogP contribution in [-0.2, 0) is 0 Å². The summed E-state index contributed by atoms with van der Waals surface area (Å²) in [6.07, 6.45) is 5.03. The second-order valence-corrected chi connectivity index (χ2v) is 6.54. The second-order valence-electron chi connectivity index (χ2n) is 5.68. The molecule has 0 atom stereocenters. The maximum atomic E-state index is 12.2. The van der Waals surface area contributed by atoms with Crippen LogP contribution >= 0.6 is 15.9 Å². The Morgan fingerprint density at radius 3 is 2.72 bits per heavy atom. The standard InChI is InChI=1S/C15H20BrNO/c1-11-5-6-13(16)12(9-11)14(18)17-10-15(2)7-3-4-8-15/h5-6,9H,3-4,7-8,10H2,1-2H3,(H,17,18). The number of rotatable bonds is 3. The number of nitrogens with one attached hydrogen (secondary N) is 1. The van der Waals surface area contributed by atoms with Gasteiger partial charge in [-0.15, -0.1) is 0 Å². The van der Waals surface area contributed by atoms with E-state index in [4.69, 9.17) is 0 Å². The lowest BCUT2D eigenvalue weighted by Crippen LogP contribution is -2.34. The molecule has 0 heterocycles. The number of benzene rings is 1. The van der Waals surface area contributed by atoms with Crippen molar-refractivity contribution in [2.24, 2.45) is 5.41 Å². The summed E-state index contributed by atoms with van der Waals surface area (Å²) in [5.41, 5.74) is 2.14. The molecule has 0 saturated heterocycles. The van der Waals surface area contributed by atoms with E-state index >= 15 is 0 Å². The highest BCUT2D eigenvalue weighted by Crippen LogP contribution is 2.36. The zero-order chi connectivity index (χ0) is 13.2. The summed E-state index contributed by atoms with van der Waals surface area (Å²) in [7, 11) is 0. The molecule has 98 valence electrons. The zero-order valence-electron chi connectivity index (χ0n) is 11.1. The number of carbonyl (C=O) groups excluding carboxylic acids is 1. The molecular weight excluding hydrogens is 290 g/mol. The highest BCUT2D eigenvalue weighted by Gasteiger charge is 2.29. The fraction of sp³-hybridized carbons (Fsp3) is 0.533. The van der Waals surface area contributed by atoms with Crippen molar-refractivity contribution in [2.75, 3.05) is 6.54 Å². The molecule has 0 aromatic heterocycles. The Kier molecular flexibility index (Phi) is 4.10. The summed E-state index contributed by atoms with van der Waals surface area (Å²) >= 11 is 3.44. The molecule has 0 aliphatic heterocycles. The van der Waals surface area contributed by atoms with E-state index in [0.29, 0.717) is 5.41 Å². The Labute approximate surface area is 117 Å². The third-order valence-corrected chi connectivity index (χ3v) is 4.54. The van der Waals surface area contributed by atoms with E-state index in [0.717, 1.165) is 22.1 Å². The fourth-order valence-electron chi connectivity index (χ4n) is 2.61. The van der Waals surface area contributed by atoms with Gasteiger partial charge in [-0.25, -0.2) is 0 Å². The molecule has 1 aliphatic carbocycles. The lowest BCUT2D eigenvalue weighted by molar-refractivity contribution is 0.0933. The van der Waals surface area contributed by atoms with E-state index in [2.05, 4.69) is 28.2 Å². The first-order chi connectivity index (χ1) is 8.50. The Balaban J connectivity index is 2.01.